The van der Waals surface area contributed by atoms with Crippen LogP contribution in [0.3, 0.4) is 0 Å². The molecule has 0 bridgehead atoms. The Balaban J connectivity index is 3.04. The van der Waals surface area contributed by atoms with Gasteiger partial charge in [-0.15, -0.1) is 0 Å². The van der Waals surface area contributed by atoms with Crippen LogP contribution in [0.1, 0.15) is 26.3 Å². The Morgan fingerprint density at radius 3 is 2.59 bits per heavy atom. The van der Waals surface area contributed by atoms with E-state index in [1.807, 2.05) is 20.8 Å². The highest BCUT2D eigenvalue weighted by molar-refractivity contribution is 9.10. The monoisotopic (exact) mass is 339 g/mol. The van der Waals surface area contributed by atoms with E-state index in [-0.39, 0.29) is 5.02 Å². The van der Waals surface area contributed by atoms with Crippen LogP contribution in [0.15, 0.2) is 21.0 Å². The molecule has 0 aliphatic carbocycles. The molecule has 0 aliphatic rings. The molecule has 0 amide bonds. The lowest BCUT2D eigenvalue weighted by Gasteiger charge is -2.17. The molecule has 0 saturated heterocycles. The summed E-state index contributed by atoms with van der Waals surface area (Å²) in [5.74, 6) is -0.530. The Labute approximate surface area is 117 Å². The van der Waals surface area contributed by atoms with Crippen LogP contribution in [-0.2, 0) is 11.4 Å². The van der Waals surface area contributed by atoms with Gasteiger partial charge in [-0.1, -0.05) is 31.9 Å². The molecule has 0 aliphatic heterocycles. The Hall–Kier alpha value is -0.100. The zero-order chi connectivity index (χ0) is 13.2. The number of halogens is 3. The van der Waals surface area contributed by atoms with Gasteiger partial charge >= 0.3 is 0 Å². The normalized spacial score (nSPS) is 14.3. The molecule has 0 aromatic heterocycles. The maximum Gasteiger partial charge on any atom is 0.144 e. The minimum atomic E-state index is -1.39. The van der Waals surface area contributed by atoms with E-state index >= 15 is 0 Å². The van der Waals surface area contributed by atoms with E-state index in [2.05, 4.69) is 20.3 Å². The molecule has 94 valence electrons. The second kappa shape index (κ2) is 5.69. The SMILES string of the molecule is CC(C)(C)[S+]([O-])N=Cc1c(Br)ccc(F)c1Cl. The standard InChI is InChI=1S/C11H12BrClFNOS/c1-11(2,3)17(16)15-6-7-8(12)4-5-9(14)10(7)13/h4-6H,1-3H3. The Morgan fingerprint density at radius 1 is 1.47 bits per heavy atom. The molecule has 0 spiro atoms. The summed E-state index contributed by atoms with van der Waals surface area (Å²) in [6.45, 7) is 5.42. The summed E-state index contributed by atoms with van der Waals surface area (Å²) >= 11 is 7.65. The van der Waals surface area contributed by atoms with Crippen LogP contribution in [0.25, 0.3) is 0 Å². The predicted molar refractivity (Wildman–Crippen MR) is 74.6 cm³/mol. The molecule has 1 aromatic carbocycles. The van der Waals surface area contributed by atoms with Crippen LogP contribution in [0, 0.1) is 5.82 Å². The molecular formula is C11H12BrClFNOS. The minimum absolute atomic E-state index is 0.0333. The molecule has 1 atom stereocenters. The van der Waals surface area contributed by atoms with Crippen molar-refractivity contribution < 1.29 is 8.94 Å². The lowest BCUT2D eigenvalue weighted by molar-refractivity contribution is 0.562. The van der Waals surface area contributed by atoms with Gasteiger partial charge < -0.3 is 4.55 Å². The van der Waals surface area contributed by atoms with Crippen molar-refractivity contribution in [3.05, 3.63) is 33.0 Å². The van der Waals surface area contributed by atoms with E-state index in [1.54, 1.807) is 0 Å². The first-order valence-corrected chi connectivity index (χ1v) is 7.11. The molecule has 0 heterocycles. The van der Waals surface area contributed by atoms with E-state index in [0.717, 1.165) is 0 Å². The van der Waals surface area contributed by atoms with Crippen molar-refractivity contribution in [2.75, 3.05) is 0 Å². The molecule has 17 heavy (non-hydrogen) atoms. The molecule has 6 heteroatoms. The minimum Gasteiger partial charge on any atom is -0.591 e. The fourth-order valence-electron chi connectivity index (χ4n) is 0.920. The van der Waals surface area contributed by atoms with Crippen molar-refractivity contribution in [2.24, 2.45) is 4.40 Å². The van der Waals surface area contributed by atoms with Crippen molar-refractivity contribution in [1.82, 2.24) is 0 Å². The van der Waals surface area contributed by atoms with Crippen LogP contribution in [-0.4, -0.2) is 15.5 Å². The fourth-order valence-corrected chi connectivity index (χ4v) is 2.20. The quantitative estimate of drug-likeness (QED) is 0.453. The average molecular weight is 341 g/mol. The molecule has 0 fully saturated rings. The molecule has 0 radical (unpaired) electrons. The molecule has 0 saturated carbocycles. The van der Waals surface area contributed by atoms with Crippen LogP contribution < -0.4 is 0 Å². The molecule has 2 nitrogen and oxygen atoms in total. The van der Waals surface area contributed by atoms with E-state index in [0.29, 0.717) is 10.0 Å². The first kappa shape index (κ1) is 15.0. The third-order valence-corrected chi connectivity index (χ3v) is 4.30. The fraction of sp³-hybridized carbons (Fsp3) is 0.364. The van der Waals surface area contributed by atoms with Gasteiger partial charge in [0.2, 0.25) is 0 Å². The van der Waals surface area contributed by atoms with Gasteiger partial charge in [0, 0.05) is 10.0 Å². The van der Waals surface area contributed by atoms with Crippen LogP contribution >= 0.6 is 27.5 Å². The van der Waals surface area contributed by atoms with E-state index < -0.39 is 21.9 Å². The highest BCUT2D eigenvalue weighted by atomic mass is 79.9. The summed E-state index contributed by atoms with van der Waals surface area (Å²) in [6, 6.07) is 2.78. The number of rotatable bonds is 2. The van der Waals surface area contributed by atoms with Gasteiger partial charge in [0.05, 0.1) is 11.2 Å². The summed E-state index contributed by atoms with van der Waals surface area (Å²) in [5.41, 5.74) is 0.393. The van der Waals surface area contributed by atoms with Gasteiger partial charge in [-0.25, -0.2) is 4.39 Å². The molecule has 0 N–H and O–H groups in total. The lowest BCUT2D eigenvalue weighted by atomic mass is 10.2. The lowest BCUT2D eigenvalue weighted by Crippen LogP contribution is -2.25. The number of nitrogens with zero attached hydrogens (tertiary/aromatic N) is 1. The zero-order valence-corrected chi connectivity index (χ0v) is 12.8. The first-order chi connectivity index (χ1) is 7.73. The topological polar surface area (TPSA) is 35.4 Å². The highest BCUT2D eigenvalue weighted by Gasteiger charge is 2.26. The van der Waals surface area contributed by atoms with Crippen LogP contribution in [0.4, 0.5) is 4.39 Å². The third kappa shape index (κ3) is 3.95. The van der Waals surface area contributed by atoms with Gasteiger partial charge in [0.1, 0.15) is 21.9 Å². The predicted octanol–water partition coefficient (Wildman–Crippen LogP) is 4.12. The maximum absolute atomic E-state index is 13.2. The largest absolute Gasteiger partial charge is 0.591 e. The van der Waals surface area contributed by atoms with Gasteiger partial charge in [0.25, 0.3) is 0 Å². The summed E-state index contributed by atoms with van der Waals surface area (Å²) in [5, 5.41) is -0.0333. The number of hydrogen-bond acceptors (Lipinski definition) is 2. The van der Waals surface area contributed by atoms with Gasteiger partial charge in [-0.2, -0.15) is 0 Å². The van der Waals surface area contributed by atoms with Crippen molar-refractivity contribution in [3.63, 3.8) is 0 Å². The molecule has 1 unspecified atom stereocenters. The Bertz CT molecular complexity index is 448. The molecule has 1 aromatic rings. The summed E-state index contributed by atoms with van der Waals surface area (Å²) in [4.78, 5) is 0. The summed E-state index contributed by atoms with van der Waals surface area (Å²) < 4.78 is 29.0. The van der Waals surface area contributed by atoms with Crippen molar-refractivity contribution >= 4 is 45.1 Å². The van der Waals surface area contributed by atoms with E-state index in [9.17, 15) is 8.94 Å². The summed E-state index contributed by atoms with van der Waals surface area (Å²) in [7, 11) is 0. The van der Waals surface area contributed by atoms with Gasteiger partial charge in [-0.3, -0.25) is 0 Å². The highest BCUT2D eigenvalue weighted by Crippen LogP contribution is 2.26. The van der Waals surface area contributed by atoms with Gasteiger partial charge in [0.15, 0.2) is 0 Å². The number of hydrogen-bond donors (Lipinski definition) is 0. The van der Waals surface area contributed by atoms with Crippen LogP contribution in [0.5, 0.6) is 0 Å². The second-order valence-corrected chi connectivity index (χ2v) is 7.52. The van der Waals surface area contributed by atoms with E-state index in [4.69, 9.17) is 11.6 Å². The van der Waals surface area contributed by atoms with Crippen molar-refractivity contribution in [3.8, 4) is 0 Å². The number of benzene rings is 1. The van der Waals surface area contributed by atoms with Gasteiger partial charge in [-0.05, 0) is 32.9 Å². The smallest absolute Gasteiger partial charge is 0.144 e. The first-order valence-electron chi connectivity index (χ1n) is 4.83. The maximum atomic E-state index is 13.2. The Morgan fingerprint density at radius 2 is 2.06 bits per heavy atom. The molecular weight excluding hydrogens is 329 g/mol. The second-order valence-electron chi connectivity index (χ2n) is 4.35. The third-order valence-electron chi connectivity index (χ3n) is 1.88. The zero-order valence-electron chi connectivity index (χ0n) is 9.63. The van der Waals surface area contributed by atoms with Crippen LogP contribution in [0.2, 0.25) is 5.02 Å². The van der Waals surface area contributed by atoms with Crippen molar-refractivity contribution in [1.29, 1.82) is 0 Å². The summed E-state index contributed by atoms with van der Waals surface area (Å²) in [6.07, 6.45) is 1.33. The Kier molecular flexibility index (Phi) is 5.01. The average Bonchev–Trinajstić information content (AvgIpc) is 2.22. The molecule has 1 rings (SSSR count). The van der Waals surface area contributed by atoms with Crippen molar-refractivity contribution in [2.45, 2.75) is 25.5 Å². The van der Waals surface area contributed by atoms with E-state index in [1.165, 1.54) is 18.3 Å².